The molecule has 17 rings (SSSR count). The average Bonchev–Trinajstić information content (AvgIpc) is 0.757. The summed E-state index contributed by atoms with van der Waals surface area (Å²) in [7, 11) is 1.49. The lowest BCUT2D eigenvalue weighted by atomic mass is 9.54. The number of amides is 11. The monoisotopic (exact) mass is 1780 g/mol. The Balaban J connectivity index is 0.947. The summed E-state index contributed by atoms with van der Waals surface area (Å²) in [4.78, 5) is 151. The zero-order valence-corrected chi connectivity index (χ0v) is 71.6. The van der Waals surface area contributed by atoms with E-state index in [1.165, 1.54) is 126 Å². The molecule has 127 heavy (non-hydrogen) atoms. The number of nitrogens with one attached hydrogen (secondary N) is 11. The summed E-state index contributed by atoms with van der Waals surface area (Å²) in [6.07, 6.45) is -14.1. The maximum Gasteiger partial charge on any atom is 0.325 e. The van der Waals surface area contributed by atoms with Gasteiger partial charge in [-0.25, -0.2) is 4.79 Å². The Morgan fingerprint density at radius 2 is 1.33 bits per heavy atom. The molecule has 2 saturated heterocycles. The van der Waals surface area contributed by atoms with Crippen LogP contribution in [0.1, 0.15) is 155 Å². The maximum atomic E-state index is 16.7. The van der Waals surface area contributed by atoms with Gasteiger partial charge in [0.25, 0.3) is 0 Å². The largest absolute Gasteiger partial charge is 0.508 e. The summed E-state index contributed by atoms with van der Waals surface area (Å²) >= 11 is 7.32. The number of aromatic hydroxyl groups is 2. The van der Waals surface area contributed by atoms with Crippen LogP contribution >= 0.6 is 11.6 Å². The van der Waals surface area contributed by atoms with Gasteiger partial charge in [-0.1, -0.05) is 43.6 Å². The number of carbonyl (C=O) groups excluding carboxylic acids is 10. The van der Waals surface area contributed by atoms with Crippen LogP contribution in [0.4, 0.5) is 10.5 Å². The highest BCUT2D eigenvalue weighted by Crippen LogP contribution is 2.55. The van der Waals surface area contributed by atoms with Crippen molar-refractivity contribution in [1.29, 1.82) is 0 Å². The molecule has 38 heteroatoms. The van der Waals surface area contributed by atoms with E-state index in [1.54, 1.807) is 6.92 Å². The molecule has 15 bridgehead atoms. The topological polar surface area (TPSA) is 556 Å². The number of halogens is 1. The van der Waals surface area contributed by atoms with Gasteiger partial charge in [-0.15, -0.1) is 0 Å². The van der Waals surface area contributed by atoms with Crippen molar-refractivity contribution in [3.63, 3.8) is 0 Å². The molecule has 11 aliphatic rings. The van der Waals surface area contributed by atoms with Crippen LogP contribution < -0.4 is 83.2 Å². The molecule has 11 amide bonds. The number of fused-ring (bicyclic) bond motifs is 15. The Kier molecular flexibility index (Phi) is 27.7. The first kappa shape index (κ1) is 91.9. The minimum absolute atomic E-state index is 0.0535. The quantitative estimate of drug-likeness (QED) is 0.0515. The minimum Gasteiger partial charge on any atom is -0.508 e. The number of urea groups is 1. The molecular weight excluding hydrogens is 1670 g/mol. The number of rotatable bonds is 19. The van der Waals surface area contributed by atoms with Crippen molar-refractivity contribution in [3.05, 3.63) is 147 Å². The summed E-state index contributed by atoms with van der Waals surface area (Å²) < 4.78 is 45.1. The lowest BCUT2D eigenvalue weighted by Gasteiger charge is -2.54. The van der Waals surface area contributed by atoms with Crippen molar-refractivity contribution in [2.75, 3.05) is 32.1 Å². The van der Waals surface area contributed by atoms with E-state index >= 15 is 28.8 Å². The second-order valence-electron chi connectivity index (χ2n) is 34.9. The molecule has 680 valence electrons. The number of aliphatic hydroxyl groups excluding tert-OH is 6. The molecule has 0 spiro atoms. The van der Waals surface area contributed by atoms with E-state index in [4.69, 9.17) is 50.5 Å². The van der Waals surface area contributed by atoms with Crippen LogP contribution in [-0.2, 0) is 57.4 Å². The predicted octanol–water partition coefficient (Wildman–Crippen LogP) is 3.60. The number of hydrogen-bond donors (Lipinski definition) is 20. The van der Waals surface area contributed by atoms with E-state index in [9.17, 15) is 60.0 Å². The summed E-state index contributed by atoms with van der Waals surface area (Å²) in [6, 6.07) is 6.59. The van der Waals surface area contributed by atoms with Crippen LogP contribution in [0.3, 0.4) is 0 Å². The molecule has 4 aliphatic carbocycles. The van der Waals surface area contributed by atoms with Crippen LogP contribution in [0.2, 0.25) is 5.02 Å². The number of phenolic OH excluding ortho intramolecular Hbond substituents is 2. The number of ether oxygens (including phenoxy) is 7. The first-order valence-electron chi connectivity index (χ1n) is 42.3. The van der Waals surface area contributed by atoms with Gasteiger partial charge in [0.15, 0.2) is 23.9 Å². The van der Waals surface area contributed by atoms with Gasteiger partial charge in [0.05, 0.1) is 42.8 Å². The van der Waals surface area contributed by atoms with Gasteiger partial charge in [0.2, 0.25) is 65.2 Å². The van der Waals surface area contributed by atoms with Gasteiger partial charge in [-0.2, -0.15) is 0 Å². The second kappa shape index (κ2) is 38.3. The zero-order chi connectivity index (χ0) is 91.0. The van der Waals surface area contributed by atoms with Crippen molar-refractivity contribution in [3.8, 4) is 57.1 Å². The Labute approximate surface area is 734 Å². The van der Waals surface area contributed by atoms with Crippen LogP contribution in [0.15, 0.2) is 103 Å². The van der Waals surface area contributed by atoms with E-state index in [0.717, 1.165) is 44.2 Å². The van der Waals surface area contributed by atoms with Crippen molar-refractivity contribution in [2.24, 2.45) is 35.3 Å². The maximum absolute atomic E-state index is 16.7. The van der Waals surface area contributed by atoms with E-state index in [-0.39, 0.29) is 128 Å². The number of carbonyl (C=O) groups is 10. The molecule has 7 aliphatic heterocycles. The molecule has 6 fully saturated rings. The molecule has 0 aromatic heterocycles. The first-order chi connectivity index (χ1) is 60.4. The molecule has 4 saturated carbocycles. The minimum atomic E-state index is -2.37. The number of likely N-dealkylation sites (N-methyl/N-ethyl adjacent to an activating group) is 1. The van der Waals surface area contributed by atoms with Crippen LogP contribution in [0.25, 0.3) is 11.1 Å². The first-order valence-corrected chi connectivity index (χ1v) is 42.7. The predicted molar refractivity (Wildman–Crippen MR) is 452 cm³/mol. The SMILES string of the molecule is CN[C@H](CC(C)C)C(=O)N[C@H]1C(=O)N[C@@H](CC(=O)NC(=O)Nc2ccc(OCCNC(C)=O)cc2)C(=O)N[C@H]2C(=O)N[C@H]3C(=O)N[C@H](C(=O)N[C@H](C(=O)NC4C5CC6CC(C5)CC4C6)c4cc(O)cc(C)c4-c4cc3ccc4O)[C@H](O)c3ccc(c(Cl)c3)Oc3cc2cc(c3O[C@@H]2O[C@H](CO)[C@@H](O)[C@H](O)[C@H]2O[C@H]2C[C@](C)(N)[C@H](O)[C@H](C)O2)Oc2ccc(cc2C)[C@H]1O. The highest BCUT2D eigenvalue weighted by atomic mass is 35.5. The molecule has 6 aromatic rings. The van der Waals surface area contributed by atoms with Crippen LogP contribution in [-0.4, -0.2) is 212 Å². The van der Waals surface area contributed by atoms with E-state index < -0.39 is 204 Å². The molecule has 7 heterocycles. The van der Waals surface area contributed by atoms with E-state index in [0.29, 0.717) is 17.6 Å². The van der Waals surface area contributed by atoms with Gasteiger partial charge in [-0.3, -0.25) is 48.5 Å². The number of aryl methyl sites for hydroxylation is 2. The molecular formula is C89H107ClN12O25. The molecule has 37 nitrogen and oxygen atoms in total. The number of hydrogen-bond acceptors (Lipinski definition) is 27. The lowest BCUT2D eigenvalue weighted by Crippen LogP contribution is -2.64. The van der Waals surface area contributed by atoms with Gasteiger partial charge in [-0.05, 0) is 232 Å². The van der Waals surface area contributed by atoms with Gasteiger partial charge in [0, 0.05) is 36.2 Å². The Morgan fingerprint density at radius 1 is 0.685 bits per heavy atom. The number of anilines is 1. The number of aliphatic hydroxyl groups is 6. The molecule has 0 unspecified atom stereocenters. The summed E-state index contributed by atoms with van der Waals surface area (Å²) in [6.45, 7) is 10.4. The van der Waals surface area contributed by atoms with Crippen molar-refractivity contribution in [1.82, 2.24) is 53.2 Å². The number of nitrogens with two attached hydrogens (primary N) is 1. The number of imide groups is 1. The van der Waals surface area contributed by atoms with Gasteiger partial charge < -0.3 is 133 Å². The fraction of sp³-hybridized carbons (Fsp3) is 0.483. The van der Waals surface area contributed by atoms with E-state index in [1.807, 2.05) is 13.8 Å². The zero-order valence-electron chi connectivity index (χ0n) is 70.8. The Hall–Kier alpha value is -11.3. The highest BCUT2D eigenvalue weighted by molar-refractivity contribution is 6.32. The standard InChI is InChI=1S/C89H107ClN12O25/c1-37(2)21-56(92-8)80(113)101-71-73(108)45-10-17-59(38(3)22-45)123-61-31-49-32-62(77(61)127-87-78(76(111)75(110)63(36-103)125-87)126-65-35-89(7,91)79(112)40(5)122-65)124-60-18-11-46(30-55(60)90)74(109)72-86(119)100-70(84(117)97-67-47-25-42-24-43(27-47)28-48(67)26-42)54-33-51(105)23-39(4)66(54)53-29-44(9-16-58(53)106)68(82(115)102-72)99-83(116)69(49)98-81(114)57(95-85(71)118)34-64(107)96-88(120)94-50-12-14-52(15-13-50)121-20-19-93-41(6)104/h9-18,22-23,29-33,37,40,42-43,47-48,56-57,63,65,67-76,78-79,87,92,103,105-106,108-112H,19-21,24-28,34-36,91H2,1-8H3,(H,93,104)(H,95,118)(H,97,117)(H,98,114)(H,99,116)(H,100,119)(H,101,113)(H,102,115)(H2,94,96,107,120)/t40-,42?,43?,47?,48?,56+,57-,63+,65-,67?,68+,69+,70-,71+,72-,73+,74+,75+,76-,78+,79+,87-,89-/m0/s1. The fourth-order valence-corrected chi connectivity index (χ4v) is 18.9. The Morgan fingerprint density at radius 3 is 1.98 bits per heavy atom. The van der Waals surface area contributed by atoms with Crippen LogP contribution in [0.5, 0.6) is 46.0 Å². The summed E-state index contributed by atoms with van der Waals surface area (Å²) in [5, 5.41) is 124. The smallest absolute Gasteiger partial charge is 0.325 e. The normalized spacial score (nSPS) is 30.0. The number of benzene rings is 6. The third-order valence-corrected chi connectivity index (χ3v) is 25.2. The molecule has 21 N–H and O–H groups in total. The highest BCUT2D eigenvalue weighted by Gasteiger charge is 2.53. The van der Waals surface area contributed by atoms with E-state index in [2.05, 4.69) is 58.5 Å². The summed E-state index contributed by atoms with van der Waals surface area (Å²) in [5.41, 5.74) is 4.70. The van der Waals surface area contributed by atoms with Crippen molar-refractivity contribution < 1.29 is 122 Å². The average molecular weight is 1780 g/mol. The lowest BCUT2D eigenvalue weighted by molar-refractivity contribution is -0.333. The van der Waals surface area contributed by atoms with Gasteiger partial charge >= 0.3 is 6.03 Å². The second-order valence-corrected chi connectivity index (χ2v) is 35.3. The van der Waals surface area contributed by atoms with Crippen molar-refractivity contribution in [2.45, 2.75) is 215 Å². The molecule has 18 atom stereocenters. The third kappa shape index (κ3) is 20.3. The van der Waals surface area contributed by atoms with Crippen LogP contribution in [0, 0.1) is 43.4 Å². The fourth-order valence-electron chi connectivity index (χ4n) is 18.7. The Bertz CT molecular complexity index is 5190. The molecule has 0 radical (unpaired) electrons. The summed E-state index contributed by atoms with van der Waals surface area (Å²) in [5.74, 6) is -11.5. The molecule has 6 aromatic carbocycles. The van der Waals surface area contributed by atoms with Gasteiger partial charge in [0.1, 0.15) is 102 Å². The number of phenols is 2. The van der Waals surface area contributed by atoms with Crippen molar-refractivity contribution >= 4 is 76.5 Å². The third-order valence-electron chi connectivity index (χ3n) is 24.9.